The molecule has 20 heavy (non-hydrogen) atoms. The third kappa shape index (κ3) is 3.79. The van der Waals surface area contributed by atoms with Crippen molar-refractivity contribution in [3.05, 3.63) is 40.6 Å². The van der Waals surface area contributed by atoms with E-state index in [0.717, 1.165) is 10.2 Å². The van der Waals surface area contributed by atoms with Crippen LogP contribution in [0.3, 0.4) is 0 Å². The Balaban J connectivity index is 2.06. The fraction of sp³-hybridized carbons (Fsp3) is 0.308. The molecule has 2 rings (SSSR count). The van der Waals surface area contributed by atoms with Crippen LogP contribution in [-0.4, -0.2) is 26.7 Å². The summed E-state index contributed by atoms with van der Waals surface area (Å²) in [6.07, 6.45) is 2.33. The van der Waals surface area contributed by atoms with E-state index < -0.39 is 6.04 Å². The first-order valence-corrected chi connectivity index (χ1v) is 6.95. The topological polar surface area (TPSA) is 86.8 Å². The lowest BCUT2D eigenvalue weighted by Gasteiger charge is -2.10. The molecule has 0 saturated heterocycles. The summed E-state index contributed by atoms with van der Waals surface area (Å²) < 4.78 is 2.60. The summed E-state index contributed by atoms with van der Waals surface area (Å²) in [5.41, 5.74) is 1.40. The maximum Gasteiger partial charge on any atom is 0.160 e. The highest BCUT2D eigenvalue weighted by Gasteiger charge is 2.14. The highest BCUT2D eigenvalue weighted by atomic mass is 79.9. The minimum absolute atomic E-state index is 0.105. The smallest absolute Gasteiger partial charge is 0.160 e. The van der Waals surface area contributed by atoms with E-state index in [2.05, 4.69) is 37.6 Å². The molecule has 0 radical (unpaired) electrons. The molecule has 104 valence electrons. The second-order valence-corrected chi connectivity index (χ2v) is 5.11. The molecule has 0 aliphatic heterocycles. The summed E-state index contributed by atoms with van der Waals surface area (Å²) in [4.78, 5) is 0. The van der Waals surface area contributed by atoms with Crippen LogP contribution in [0.15, 0.2) is 34.9 Å². The maximum atomic E-state index is 9.24. The first kappa shape index (κ1) is 14.5. The molecule has 2 aromatic rings. The van der Waals surface area contributed by atoms with Gasteiger partial charge in [-0.2, -0.15) is 5.26 Å². The van der Waals surface area contributed by atoms with Crippen molar-refractivity contribution in [2.24, 2.45) is 0 Å². The predicted octanol–water partition coefficient (Wildman–Crippen LogP) is 2.10. The maximum absolute atomic E-state index is 9.24. The Morgan fingerprint density at radius 3 is 2.80 bits per heavy atom. The Morgan fingerprint density at radius 1 is 1.40 bits per heavy atom. The van der Waals surface area contributed by atoms with Crippen molar-refractivity contribution in [3.8, 4) is 6.07 Å². The van der Waals surface area contributed by atoms with Crippen LogP contribution in [-0.2, 0) is 6.54 Å². The molecule has 1 aromatic carbocycles. The normalized spacial score (nSPS) is 11.8. The number of anilines is 1. The summed E-state index contributed by atoms with van der Waals surface area (Å²) in [6.45, 7) is 0.688. The van der Waals surface area contributed by atoms with Crippen LogP contribution in [0.5, 0.6) is 0 Å². The Kier molecular flexibility index (Phi) is 5.09. The Morgan fingerprint density at radius 2 is 2.15 bits per heavy atom. The SMILES string of the molecule is N#CC(Nc1ccc(Br)cc1)c1cn(CCCO)nn1. The number of nitrogens with zero attached hydrogens (tertiary/aromatic N) is 4. The second-order valence-electron chi connectivity index (χ2n) is 4.20. The van der Waals surface area contributed by atoms with Crippen molar-refractivity contribution in [1.82, 2.24) is 15.0 Å². The number of benzene rings is 1. The highest BCUT2D eigenvalue weighted by molar-refractivity contribution is 9.10. The van der Waals surface area contributed by atoms with Gasteiger partial charge in [-0.1, -0.05) is 21.1 Å². The summed E-state index contributed by atoms with van der Waals surface area (Å²) >= 11 is 3.36. The minimum atomic E-state index is -0.556. The van der Waals surface area contributed by atoms with Crippen molar-refractivity contribution in [2.75, 3.05) is 11.9 Å². The Hall–Kier alpha value is -1.91. The van der Waals surface area contributed by atoms with Crippen LogP contribution < -0.4 is 5.32 Å². The summed E-state index contributed by atoms with van der Waals surface area (Å²) in [5, 5.41) is 29.0. The van der Waals surface area contributed by atoms with E-state index >= 15 is 0 Å². The number of aryl methyl sites for hydroxylation is 1. The molecule has 0 aliphatic rings. The van der Waals surface area contributed by atoms with E-state index in [1.54, 1.807) is 10.9 Å². The summed E-state index contributed by atoms with van der Waals surface area (Å²) in [5.74, 6) is 0. The third-order valence-electron chi connectivity index (χ3n) is 2.68. The van der Waals surface area contributed by atoms with Crippen LogP contribution in [0, 0.1) is 11.3 Å². The van der Waals surface area contributed by atoms with Crippen molar-refractivity contribution in [1.29, 1.82) is 5.26 Å². The van der Waals surface area contributed by atoms with E-state index in [1.807, 2.05) is 24.3 Å². The van der Waals surface area contributed by atoms with Gasteiger partial charge in [-0.3, -0.25) is 4.68 Å². The molecule has 0 aliphatic carbocycles. The van der Waals surface area contributed by atoms with Gasteiger partial charge >= 0.3 is 0 Å². The number of nitrogens with one attached hydrogen (secondary N) is 1. The van der Waals surface area contributed by atoms with Gasteiger partial charge in [0, 0.05) is 23.3 Å². The van der Waals surface area contributed by atoms with Gasteiger partial charge in [-0.05, 0) is 30.7 Å². The molecule has 0 saturated carbocycles. The molecular formula is C13H14BrN5O. The first-order chi connectivity index (χ1) is 9.72. The molecule has 1 unspecified atom stereocenters. The largest absolute Gasteiger partial charge is 0.396 e. The van der Waals surface area contributed by atoms with Gasteiger partial charge in [0.05, 0.1) is 12.3 Å². The standard InChI is InChI=1S/C13H14BrN5O/c14-10-2-4-11(5-3-10)16-12(8-15)13-9-19(18-17-13)6-1-7-20/h2-5,9,12,16,20H,1,6-7H2. The number of hydrogen-bond donors (Lipinski definition) is 2. The van der Waals surface area contributed by atoms with Gasteiger partial charge in [-0.25, -0.2) is 0 Å². The van der Waals surface area contributed by atoms with Crippen LogP contribution in [0.25, 0.3) is 0 Å². The monoisotopic (exact) mass is 335 g/mol. The number of nitriles is 1. The van der Waals surface area contributed by atoms with Gasteiger partial charge in [0.15, 0.2) is 6.04 Å². The minimum Gasteiger partial charge on any atom is -0.396 e. The average Bonchev–Trinajstić information content (AvgIpc) is 2.93. The van der Waals surface area contributed by atoms with Gasteiger partial charge in [0.25, 0.3) is 0 Å². The molecule has 1 heterocycles. The molecule has 0 amide bonds. The van der Waals surface area contributed by atoms with E-state index in [1.165, 1.54) is 0 Å². The first-order valence-electron chi connectivity index (χ1n) is 6.15. The molecule has 0 spiro atoms. The Bertz CT molecular complexity index is 590. The lowest BCUT2D eigenvalue weighted by atomic mass is 10.2. The summed E-state index contributed by atoms with van der Waals surface area (Å²) in [6, 6.07) is 9.16. The fourth-order valence-corrected chi connectivity index (χ4v) is 1.94. The number of halogens is 1. The zero-order valence-corrected chi connectivity index (χ0v) is 12.3. The van der Waals surface area contributed by atoms with Gasteiger partial charge in [-0.15, -0.1) is 5.10 Å². The van der Waals surface area contributed by atoms with E-state index in [9.17, 15) is 5.26 Å². The summed E-state index contributed by atoms with van der Waals surface area (Å²) in [7, 11) is 0. The molecule has 6 nitrogen and oxygen atoms in total. The number of aromatic nitrogens is 3. The van der Waals surface area contributed by atoms with Crippen molar-refractivity contribution < 1.29 is 5.11 Å². The molecule has 1 aromatic heterocycles. The average molecular weight is 336 g/mol. The van der Waals surface area contributed by atoms with Crippen LogP contribution >= 0.6 is 15.9 Å². The number of rotatable bonds is 6. The third-order valence-corrected chi connectivity index (χ3v) is 3.21. The quantitative estimate of drug-likeness (QED) is 0.844. The van der Waals surface area contributed by atoms with E-state index in [0.29, 0.717) is 18.7 Å². The van der Waals surface area contributed by atoms with E-state index in [-0.39, 0.29) is 6.61 Å². The molecule has 7 heteroatoms. The number of aliphatic hydroxyl groups is 1. The van der Waals surface area contributed by atoms with E-state index in [4.69, 9.17) is 5.11 Å². The highest BCUT2D eigenvalue weighted by Crippen LogP contribution is 2.19. The molecule has 2 N–H and O–H groups in total. The van der Waals surface area contributed by atoms with Crippen molar-refractivity contribution >= 4 is 21.6 Å². The van der Waals surface area contributed by atoms with Crippen LogP contribution in [0.2, 0.25) is 0 Å². The van der Waals surface area contributed by atoms with Gasteiger partial charge in [0.1, 0.15) is 5.69 Å². The fourth-order valence-electron chi connectivity index (χ4n) is 1.67. The van der Waals surface area contributed by atoms with Crippen molar-refractivity contribution in [3.63, 3.8) is 0 Å². The van der Waals surface area contributed by atoms with Crippen LogP contribution in [0.1, 0.15) is 18.2 Å². The zero-order chi connectivity index (χ0) is 14.4. The predicted molar refractivity (Wildman–Crippen MR) is 77.8 cm³/mol. The second kappa shape index (κ2) is 7.03. The molecule has 0 bridgehead atoms. The lowest BCUT2D eigenvalue weighted by molar-refractivity contribution is 0.276. The van der Waals surface area contributed by atoms with Gasteiger partial charge in [0.2, 0.25) is 0 Å². The number of hydrogen-bond acceptors (Lipinski definition) is 5. The van der Waals surface area contributed by atoms with Crippen LogP contribution in [0.4, 0.5) is 5.69 Å². The lowest BCUT2D eigenvalue weighted by Crippen LogP contribution is -2.09. The molecule has 0 fully saturated rings. The zero-order valence-electron chi connectivity index (χ0n) is 10.7. The Labute approximate surface area is 125 Å². The molecular weight excluding hydrogens is 322 g/mol. The number of aliphatic hydroxyl groups excluding tert-OH is 1. The molecule has 1 atom stereocenters. The van der Waals surface area contributed by atoms with Crippen molar-refractivity contribution in [2.45, 2.75) is 19.0 Å². The van der Waals surface area contributed by atoms with Gasteiger partial charge < -0.3 is 10.4 Å².